The van der Waals surface area contributed by atoms with Gasteiger partial charge >= 0.3 is 0 Å². The van der Waals surface area contributed by atoms with Crippen molar-refractivity contribution >= 4 is 51.4 Å². The molecule has 9 heteroatoms. The fourth-order valence-corrected chi connectivity index (χ4v) is 5.81. The molecule has 2 aromatic heterocycles. The second-order valence-electron chi connectivity index (χ2n) is 6.32. The lowest BCUT2D eigenvalue weighted by molar-refractivity contribution is 0.588. The zero-order chi connectivity index (χ0) is 19.6. The van der Waals surface area contributed by atoms with E-state index < -0.39 is 18.9 Å². The van der Waals surface area contributed by atoms with Gasteiger partial charge in [-0.1, -0.05) is 6.07 Å². The van der Waals surface area contributed by atoms with Gasteiger partial charge in [0.2, 0.25) is 9.84 Å². The molecule has 0 bridgehead atoms. The summed E-state index contributed by atoms with van der Waals surface area (Å²) in [6, 6.07) is 12.7. The third-order valence-electron chi connectivity index (χ3n) is 4.70. The second-order valence-corrected chi connectivity index (χ2v) is 10.8. The van der Waals surface area contributed by atoms with Crippen molar-refractivity contribution in [1.82, 2.24) is 9.13 Å². The van der Waals surface area contributed by atoms with E-state index >= 15 is 0 Å². The minimum atomic E-state index is -3.90. The molecule has 0 atom stereocenters. The van der Waals surface area contributed by atoms with Crippen molar-refractivity contribution < 1.29 is 16.8 Å². The molecule has 0 aliphatic rings. The number of fused-ring (bicyclic) bond motifs is 2. The van der Waals surface area contributed by atoms with Gasteiger partial charge in [-0.05, 0) is 42.5 Å². The van der Waals surface area contributed by atoms with Crippen LogP contribution in [0.15, 0.2) is 69.5 Å². The number of rotatable bonds is 3. The first kappa shape index (κ1) is 18.1. The highest BCUT2D eigenvalue weighted by molar-refractivity contribution is 8.13. The highest BCUT2D eigenvalue weighted by atomic mass is 35.7. The number of nitrogens with zero attached hydrogens (tertiary/aromatic N) is 2. The SMILES string of the molecule is Cn1ccc2c(S(=O)(=O)c3cc4cc(S(=O)(=O)Cl)ccc4n3C)cccc21. The molecular weight excluding hydrogens is 408 g/mol. The lowest BCUT2D eigenvalue weighted by Gasteiger charge is -2.08. The number of hydrogen-bond donors (Lipinski definition) is 0. The maximum Gasteiger partial charge on any atom is 0.261 e. The Bertz CT molecular complexity index is 1430. The zero-order valence-electron chi connectivity index (χ0n) is 14.4. The number of aryl methyl sites for hydroxylation is 2. The summed E-state index contributed by atoms with van der Waals surface area (Å²) in [5.41, 5.74) is 1.41. The lowest BCUT2D eigenvalue weighted by atomic mass is 10.2. The van der Waals surface area contributed by atoms with E-state index in [1.54, 1.807) is 31.3 Å². The summed E-state index contributed by atoms with van der Waals surface area (Å²) in [5.74, 6) is 0. The number of benzene rings is 2. The van der Waals surface area contributed by atoms with E-state index in [2.05, 4.69) is 0 Å². The molecule has 4 rings (SSSR count). The van der Waals surface area contributed by atoms with Crippen LogP contribution in [-0.2, 0) is 33.0 Å². The summed E-state index contributed by atoms with van der Waals surface area (Å²) in [4.78, 5) is 0.132. The largest absolute Gasteiger partial charge is 0.351 e. The molecule has 0 fully saturated rings. The number of aromatic nitrogens is 2. The molecule has 2 aromatic carbocycles. The van der Waals surface area contributed by atoms with Gasteiger partial charge in [-0.25, -0.2) is 16.8 Å². The molecule has 0 spiro atoms. The van der Waals surface area contributed by atoms with Gasteiger partial charge in [0, 0.05) is 52.8 Å². The molecule has 0 N–H and O–H groups in total. The summed E-state index contributed by atoms with van der Waals surface area (Å²) in [5, 5.41) is 1.20. The van der Waals surface area contributed by atoms with E-state index in [1.807, 2.05) is 23.9 Å². The van der Waals surface area contributed by atoms with E-state index in [9.17, 15) is 16.8 Å². The Labute approximate surface area is 160 Å². The Morgan fingerprint density at radius 3 is 2.33 bits per heavy atom. The predicted molar refractivity (Wildman–Crippen MR) is 104 cm³/mol. The molecule has 0 aliphatic carbocycles. The van der Waals surface area contributed by atoms with Crippen LogP contribution in [0.3, 0.4) is 0 Å². The molecular formula is C18H15ClN2O4S2. The first-order valence-corrected chi connectivity index (χ1v) is 11.7. The average Bonchev–Trinajstić information content (AvgIpc) is 3.15. The molecule has 140 valence electrons. The summed E-state index contributed by atoms with van der Waals surface area (Å²) in [6.07, 6.45) is 1.81. The highest BCUT2D eigenvalue weighted by Gasteiger charge is 2.25. The summed E-state index contributed by atoms with van der Waals surface area (Å²) < 4.78 is 53.3. The van der Waals surface area contributed by atoms with Gasteiger partial charge in [0.15, 0.2) is 0 Å². The topological polar surface area (TPSA) is 78.1 Å². The quantitative estimate of drug-likeness (QED) is 0.474. The van der Waals surface area contributed by atoms with Crippen molar-refractivity contribution in [3.05, 3.63) is 54.7 Å². The molecule has 6 nitrogen and oxygen atoms in total. The maximum atomic E-state index is 13.4. The molecule has 4 aromatic rings. The van der Waals surface area contributed by atoms with Crippen molar-refractivity contribution in [2.24, 2.45) is 14.1 Å². The zero-order valence-corrected chi connectivity index (χ0v) is 16.8. The molecule has 0 saturated heterocycles. The fraction of sp³-hybridized carbons (Fsp3) is 0.111. The van der Waals surface area contributed by atoms with Crippen LogP contribution in [0.5, 0.6) is 0 Å². The van der Waals surface area contributed by atoms with Crippen LogP contribution in [0.1, 0.15) is 0 Å². The lowest BCUT2D eigenvalue weighted by Crippen LogP contribution is -2.07. The molecule has 27 heavy (non-hydrogen) atoms. The van der Waals surface area contributed by atoms with Gasteiger partial charge in [-0.15, -0.1) is 0 Å². The highest BCUT2D eigenvalue weighted by Crippen LogP contribution is 2.32. The van der Waals surface area contributed by atoms with Gasteiger partial charge < -0.3 is 9.13 Å². The van der Waals surface area contributed by atoms with Crippen LogP contribution in [0.4, 0.5) is 0 Å². The van der Waals surface area contributed by atoms with Crippen molar-refractivity contribution in [3.63, 3.8) is 0 Å². The Balaban J connectivity index is 1.99. The third-order valence-corrected chi connectivity index (χ3v) is 7.93. The van der Waals surface area contributed by atoms with Gasteiger partial charge in [0.25, 0.3) is 9.05 Å². The predicted octanol–water partition coefficient (Wildman–Crippen LogP) is 3.43. The number of halogens is 1. The van der Waals surface area contributed by atoms with E-state index in [1.165, 1.54) is 22.8 Å². The summed E-state index contributed by atoms with van der Waals surface area (Å²) in [7, 11) is 1.16. The number of hydrogen-bond acceptors (Lipinski definition) is 4. The molecule has 0 saturated carbocycles. The smallest absolute Gasteiger partial charge is 0.261 e. The van der Waals surface area contributed by atoms with E-state index in [4.69, 9.17) is 10.7 Å². The third kappa shape index (κ3) is 2.75. The molecule has 0 aliphatic heterocycles. The van der Waals surface area contributed by atoms with Gasteiger partial charge in [-0.3, -0.25) is 0 Å². The van der Waals surface area contributed by atoms with Gasteiger partial charge in [0.1, 0.15) is 5.03 Å². The van der Waals surface area contributed by atoms with Crippen molar-refractivity contribution in [3.8, 4) is 0 Å². The van der Waals surface area contributed by atoms with Crippen LogP contribution in [0.2, 0.25) is 0 Å². The van der Waals surface area contributed by atoms with Crippen LogP contribution in [0.25, 0.3) is 21.8 Å². The van der Waals surface area contributed by atoms with Gasteiger partial charge in [-0.2, -0.15) is 0 Å². The monoisotopic (exact) mass is 422 g/mol. The van der Waals surface area contributed by atoms with E-state index in [0.29, 0.717) is 16.3 Å². The van der Waals surface area contributed by atoms with Crippen molar-refractivity contribution in [2.45, 2.75) is 14.8 Å². The molecule has 0 radical (unpaired) electrons. The molecule has 0 unspecified atom stereocenters. The van der Waals surface area contributed by atoms with Crippen molar-refractivity contribution in [1.29, 1.82) is 0 Å². The minimum absolute atomic E-state index is 0.0728. The second kappa shape index (κ2) is 5.85. The van der Waals surface area contributed by atoms with Crippen LogP contribution < -0.4 is 0 Å². The first-order chi connectivity index (χ1) is 12.6. The Hall–Kier alpha value is -2.29. The van der Waals surface area contributed by atoms with Crippen molar-refractivity contribution in [2.75, 3.05) is 0 Å². The molecule has 0 amide bonds. The van der Waals surface area contributed by atoms with Crippen LogP contribution in [-0.4, -0.2) is 26.0 Å². The Morgan fingerprint density at radius 2 is 1.63 bits per heavy atom. The standard InChI is InChI=1S/C18H15ClN2O4S2/c1-20-9-8-14-16(20)4-3-5-17(14)26(22,23)18-11-12-10-13(27(19,24)25)6-7-15(12)21(18)2/h3-11H,1-2H3. The van der Waals surface area contributed by atoms with Crippen LogP contribution in [0, 0.1) is 0 Å². The number of sulfone groups is 1. The maximum absolute atomic E-state index is 13.4. The minimum Gasteiger partial charge on any atom is -0.351 e. The summed E-state index contributed by atoms with van der Waals surface area (Å²) in [6.45, 7) is 0. The molecule has 2 heterocycles. The fourth-order valence-electron chi connectivity index (χ4n) is 3.33. The van der Waals surface area contributed by atoms with Gasteiger partial charge in [0.05, 0.1) is 9.79 Å². The summed E-state index contributed by atoms with van der Waals surface area (Å²) >= 11 is 0. The van der Waals surface area contributed by atoms with Crippen LogP contribution >= 0.6 is 10.7 Å². The van der Waals surface area contributed by atoms with E-state index in [0.717, 1.165) is 5.52 Å². The Morgan fingerprint density at radius 1 is 0.889 bits per heavy atom. The first-order valence-electron chi connectivity index (χ1n) is 7.94. The average molecular weight is 423 g/mol. The Kier molecular flexibility index (Phi) is 3.92. The van der Waals surface area contributed by atoms with E-state index in [-0.39, 0.29) is 14.8 Å². The normalized spacial score (nSPS) is 12.9.